The molecule has 0 N–H and O–H groups in total. The van der Waals surface area contributed by atoms with Gasteiger partial charge in [-0.25, -0.2) is 0 Å². The molecule has 2 rings (SSSR count). The number of carbonyl (C=O) groups is 1. The molecule has 2 aliphatic heterocycles. The summed E-state index contributed by atoms with van der Waals surface area (Å²) in [7, 11) is 0. The first kappa shape index (κ1) is 12.8. The van der Waals surface area contributed by atoms with Gasteiger partial charge in [0.2, 0.25) is 5.91 Å². The van der Waals surface area contributed by atoms with Crippen LogP contribution in [0.1, 0.15) is 39.0 Å². The van der Waals surface area contributed by atoms with Crippen molar-refractivity contribution in [3.63, 3.8) is 0 Å². The summed E-state index contributed by atoms with van der Waals surface area (Å²) in [6.07, 6.45) is 6.13. The summed E-state index contributed by atoms with van der Waals surface area (Å²) >= 11 is 0. The lowest BCUT2D eigenvalue weighted by molar-refractivity contribution is -0.132. The fourth-order valence-electron chi connectivity index (χ4n) is 2.52. The third kappa shape index (κ3) is 3.96. The molecule has 2 fully saturated rings. The number of amides is 1. The van der Waals surface area contributed by atoms with Gasteiger partial charge in [-0.1, -0.05) is 0 Å². The summed E-state index contributed by atoms with van der Waals surface area (Å²) in [6.45, 7) is 4.93. The highest BCUT2D eigenvalue weighted by molar-refractivity contribution is 5.73. The minimum atomic E-state index is 0.180. The number of hydrogen-bond acceptors (Lipinski definition) is 3. The molecule has 1 unspecified atom stereocenters. The van der Waals surface area contributed by atoms with Crippen LogP contribution in [0.5, 0.6) is 0 Å². The average Bonchev–Trinajstić information content (AvgIpc) is 2.38. The van der Waals surface area contributed by atoms with Gasteiger partial charge in [-0.2, -0.15) is 0 Å². The highest BCUT2D eigenvalue weighted by Crippen LogP contribution is 2.17. The summed E-state index contributed by atoms with van der Waals surface area (Å²) < 4.78 is 11.5. The zero-order chi connectivity index (χ0) is 12.1. The first-order valence-electron chi connectivity index (χ1n) is 6.74. The van der Waals surface area contributed by atoms with Gasteiger partial charge in [0.05, 0.1) is 18.8 Å². The highest BCUT2D eigenvalue weighted by Gasteiger charge is 2.22. The van der Waals surface area contributed by atoms with Gasteiger partial charge in [-0.3, -0.25) is 4.79 Å². The number of nitrogens with zero attached hydrogens (tertiary/aromatic N) is 1. The maximum absolute atomic E-state index is 11.2. The number of rotatable bonds is 3. The molecule has 2 saturated heterocycles. The van der Waals surface area contributed by atoms with E-state index in [9.17, 15) is 4.79 Å². The Balaban J connectivity index is 1.62. The Hall–Kier alpha value is -0.610. The third-order valence-electron chi connectivity index (χ3n) is 3.68. The van der Waals surface area contributed by atoms with Crippen molar-refractivity contribution in [1.29, 1.82) is 0 Å². The van der Waals surface area contributed by atoms with Gasteiger partial charge in [0.15, 0.2) is 0 Å². The van der Waals surface area contributed by atoms with Gasteiger partial charge in [-0.05, 0) is 32.1 Å². The molecule has 17 heavy (non-hydrogen) atoms. The van der Waals surface area contributed by atoms with Crippen LogP contribution >= 0.6 is 0 Å². The number of ether oxygens (including phenoxy) is 2. The van der Waals surface area contributed by atoms with Crippen molar-refractivity contribution >= 4 is 5.91 Å². The van der Waals surface area contributed by atoms with Gasteiger partial charge in [0, 0.05) is 26.6 Å². The standard InChI is InChI=1S/C13H23NO3/c1-11(15)14-7-5-12(6-8-14)17-10-13-4-2-3-9-16-13/h12-13H,2-10H2,1H3. The van der Waals surface area contributed by atoms with Crippen LogP contribution < -0.4 is 0 Å². The van der Waals surface area contributed by atoms with Crippen molar-refractivity contribution < 1.29 is 14.3 Å². The van der Waals surface area contributed by atoms with Crippen molar-refractivity contribution in [2.75, 3.05) is 26.3 Å². The number of piperidine rings is 1. The molecular formula is C13H23NO3. The van der Waals surface area contributed by atoms with E-state index in [1.54, 1.807) is 6.92 Å². The van der Waals surface area contributed by atoms with E-state index in [1.807, 2.05) is 4.90 Å². The summed E-state index contributed by atoms with van der Waals surface area (Å²) in [5, 5.41) is 0. The Morgan fingerprint density at radius 3 is 2.65 bits per heavy atom. The minimum absolute atomic E-state index is 0.180. The lowest BCUT2D eigenvalue weighted by atomic mass is 10.1. The van der Waals surface area contributed by atoms with Crippen molar-refractivity contribution in [1.82, 2.24) is 4.90 Å². The second kappa shape index (κ2) is 6.36. The molecule has 98 valence electrons. The van der Waals surface area contributed by atoms with Gasteiger partial charge in [0.1, 0.15) is 0 Å². The molecule has 0 spiro atoms. The first-order chi connectivity index (χ1) is 8.25. The first-order valence-corrected chi connectivity index (χ1v) is 6.74. The Labute approximate surface area is 103 Å². The topological polar surface area (TPSA) is 38.8 Å². The molecule has 2 aliphatic rings. The predicted octanol–water partition coefficient (Wildman–Crippen LogP) is 1.58. The van der Waals surface area contributed by atoms with Crippen molar-refractivity contribution in [3.05, 3.63) is 0 Å². The monoisotopic (exact) mass is 241 g/mol. The Bertz CT molecular complexity index is 243. The summed E-state index contributed by atoms with van der Waals surface area (Å²) in [4.78, 5) is 13.1. The smallest absolute Gasteiger partial charge is 0.219 e. The Morgan fingerprint density at radius 2 is 2.06 bits per heavy atom. The van der Waals surface area contributed by atoms with Crippen LogP contribution in [-0.2, 0) is 14.3 Å². The minimum Gasteiger partial charge on any atom is -0.376 e. The molecule has 0 bridgehead atoms. The fraction of sp³-hybridized carbons (Fsp3) is 0.923. The molecule has 0 aromatic rings. The predicted molar refractivity (Wildman–Crippen MR) is 64.8 cm³/mol. The average molecular weight is 241 g/mol. The Kier molecular flexibility index (Phi) is 4.80. The molecule has 4 heteroatoms. The largest absolute Gasteiger partial charge is 0.376 e. The summed E-state index contributed by atoms with van der Waals surface area (Å²) in [5.41, 5.74) is 0. The molecule has 0 radical (unpaired) electrons. The van der Waals surface area contributed by atoms with E-state index in [4.69, 9.17) is 9.47 Å². The normalized spacial score (nSPS) is 27.1. The van der Waals surface area contributed by atoms with Gasteiger partial charge >= 0.3 is 0 Å². The molecule has 1 atom stereocenters. The van der Waals surface area contributed by atoms with Crippen LogP contribution in [0.3, 0.4) is 0 Å². The van der Waals surface area contributed by atoms with Gasteiger partial charge in [-0.15, -0.1) is 0 Å². The zero-order valence-corrected chi connectivity index (χ0v) is 10.7. The summed E-state index contributed by atoms with van der Waals surface area (Å²) in [5.74, 6) is 0.180. The second-order valence-electron chi connectivity index (χ2n) is 5.03. The maximum Gasteiger partial charge on any atom is 0.219 e. The van der Waals surface area contributed by atoms with E-state index in [1.165, 1.54) is 12.8 Å². The molecule has 4 nitrogen and oxygen atoms in total. The quantitative estimate of drug-likeness (QED) is 0.753. The van der Waals surface area contributed by atoms with E-state index in [0.29, 0.717) is 12.2 Å². The lowest BCUT2D eigenvalue weighted by Gasteiger charge is -2.32. The van der Waals surface area contributed by atoms with E-state index in [-0.39, 0.29) is 5.91 Å². The van der Waals surface area contributed by atoms with Crippen LogP contribution in [0.15, 0.2) is 0 Å². The SMILES string of the molecule is CC(=O)N1CCC(OCC2CCCCO2)CC1. The van der Waals surface area contributed by atoms with E-state index >= 15 is 0 Å². The molecule has 2 heterocycles. The van der Waals surface area contributed by atoms with Crippen LogP contribution in [0.4, 0.5) is 0 Å². The Morgan fingerprint density at radius 1 is 1.29 bits per heavy atom. The van der Waals surface area contributed by atoms with Crippen molar-refractivity contribution in [3.8, 4) is 0 Å². The van der Waals surface area contributed by atoms with Gasteiger partial charge < -0.3 is 14.4 Å². The molecule has 0 aromatic carbocycles. The molecule has 0 saturated carbocycles. The van der Waals surface area contributed by atoms with E-state index < -0.39 is 0 Å². The highest BCUT2D eigenvalue weighted by atomic mass is 16.5. The van der Waals surface area contributed by atoms with Crippen LogP contribution in [0.2, 0.25) is 0 Å². The van der Waals surface area contributed by atoms with Crippen molar-refractivity contribution in [2.45, 2.75) is 51.2 Å². The molecule has 1 amide bonds. The third-order valence-corrected chi connectivity index (χ3v) is 3.68. The number of hydrogen-bond donors (Lipinski definition) is 0. The van der Waals surface area contributed by atoms with E-state index in [2.05, 4.69) is 0 Å². The second-order valence-corrected chi connectivity index (χ2v) is 5.03. The number of carbonyl (C=O) groups excluding carboxylic acids is 1. The van der Waals surface area contributed by atoms with E-state index in [0.717, 1.165) is 45.6 Å². The molecule has 0 aliphatic carbocycles. The number of likely N-dealkylation sites (tertiary alicyclic amines) is 1. The van der Waals surface area contributed by atoms with Gasteiger partial charge in [0.25, 0.3) is 0 Å². The van der Waals surface area contributed by atoms with Crippen LogP contribution in [0, 0.1) is 0 Å². The summed E-state index contributed by atoms with van der Waals surface area (Å²) in [6, 6.07) is 0. The lowest BCUT2D eigenvalue weighted by Crippen LogP contribution is -2.40. The molecular weight excluding hydrogens is 218 g/mol. The van der Waals surface area contributed by atoms with Crippen LogP contribution in [0.25, 0.3) is 0 Å². The molecule has 0 aromatic heterocycles. The maximum atomic E-state index is 11.2. The van der Waals surface area contributed by atoms with Crippen molar-refractivity contribution in [2.24, 2.45) is 0 Å². The fourth-order valence-corrected chi connectivity index (χ4v) is 2.52. The zero-order valence-electron chi connectivity index (χ0n) is 10.7. The van der Waals surface area contributed by atoms with Crippen LogP contribution in [-0.4, -0.2) is 49.3 Å².